The average Bonchev–Trinajstić information content (AvgIpc) is 2.94. The lowest BCUT2D eigenvalue weighted by atomic mass is 10.2. The van der Waals surface area contributed by atoms with Crippen LogP contribution in [0.15, 0.2) is 0 Å². The minimum Gasteiger partial charge on any atom is -0.465 e. The lowest BCUT2D eigenvalue weighted by Gasteiger charge is -2.42. The molecule has 0 aromatic carbocycles. The first-order valence-electron chi connectivity index (χ1n) is 6.39. The van der Waals surface area contributed by atoms with Crippen molar-refractivity contribution in [3.05, 3.63) is 0 Å². The molecule has 7 heteroatoms. The molecule has 0 unspecified atom stereocenters. The van der Waals surface area contributed by atoms with Gasteiger partial charge in [-0.15, -0.1) is 0 Å². The van der Waals surface area contributed by atoms with Crippen molar-refractivity contribution in [3.8, 4) is 0 Å². The zero-order chi connectivity index (χ0) is 15.1. The van der Waals surface area contributed by atoms with Gasteiger partial charge >= 0.3 is 6.09 Å². The van der Waals surface area contributed by atoms with Gasteiger partial charge in [-0.1, -0.05) is 20.8 Å². The Hall–Kier alpha value is -0.663. The summed E-state index contributed by atoms with van der Waals surface area (Å²) in [4.78, 5) is 12.4. The van der Waals surface area contributed by atoms with E-state index in [-0.39, 0.29) is 10.2 Å². The highest BCUT2D eigenvalue weighted by Crippen LogP contribution is 2.49. The molecule has 1 amide bonds. The third kappa shape index (κ3) is 3.67. The Balaban J connectivity index is 2.78. The first kappa shape index (κ1) is 16.4. The van der Waals surface area contributed by atoms with E-state index in [1.54, 1.807) is 11.9 Å². The van der Waals surface area contributed by atoms with Gasteiger partial charge in [0.25, 0.3) is 0 Å². The van der Waals surface area contributed by atoms with Crippen LogP contribution in [0.3, 0.4) is 0 Å². The van der Waals surface area contributed by atoms with Crippen LogP contribution in [0.1, 0.15) is 33.6 Å². The number of nitrogens with one attached hydrogen (secondary N) is 1. The number of carbonyl (C=O) groups is 1. The molecule has 0 atom stereocenters. The maximum absolute atomic E-state index is 10.6. The highest BCUT2D eigenvalue weighted by Gasteiger charge is 2.54. The molecule has 0 saturated heterocycles. The fourth-order valence-corrected chi connectivity index (χ4v) is 3.45. The third-order valence-corrected chi connectivity index (χ3v) is 8.94. The molecule has 2 N–H and O–H groups in total. The van der Waals surface area contributed by atoms with Gasteiger partial charge in [-0.05, 0) is 43.2 Å². The number of carboxylic acid groups (broad SMARTS) is 1. The summed E-state index contributed by atoms with van der Waals surface area (Å²) in [5.74, 6) is 0. The molecule has 1 aliphatic carbocycles. The Morgan fingerprint density at radius 1 is 1.42 bits per heavy atom. The average molecular weight is 304 g/mol. The molecule has 0 radical (unpaired) electrons. The minimum absolute atomic E-state index is 0.116. The van der Waals surface area contributed by atoms with Crippen LogP contribution in [-0.4, -0.2) is 42.3 Å². The molecule has 0 heterocycles. The second kappa shape index (κ2) is 5.03. The Labute approximate surface area is 121 Å². The predicted molar refractivity (Wildman–Crippen MR) is 81.8 cm³/mol. The number of hydrogen-bond acceptors (Lipinski definition) is 3. The van der Waals surface area contributed by atoms with Crippen molar-refractivity contribution >= 4 is 31.7 Å². The van der Waals surface area contributed by atoms with Crippen molar-refractivity contribution in [3.63, 3.8) is 0 Å². The van der Waals surface area contributed by atoms with Crippen molar-refractivity contribution in [2.24, 2.45) is 0 Å². The lowest BCUT2D eigenvalue weighted by Crippen LogP contribution is -2.54. The Morgan fingerprint density at radius 3 is 2.21 bits per heavy atom. The molecule has 0 aromatic rings. The molecule has 1 aliphatic rings. The molecular formula is C12H24N2O3SSi. The first-order valence-corrected chi connectivity index (χ1v) is 9.71. The number of rotatable bonds is 3. The summed E-state index contributed by atoms with van der Waals surface area (Å²) in [6, 6.07) is 0. The van der Waals surface area contributed by atoms with E-state index >= 15 is 0 Å². The van der Waals surface area contributed by atoms with E-state index in [1.165, 1.54) is 0 Å². The smallest absolute Gasteiger partial charge is 0.410 e. The second-order valence-electron chi connectivity index (χ2n) is 6.60. The van der Waals surface area contributed by atoms with E-state index in [4.69, 9.17) is 21.8 Å². The zero-order valence-electron chi connectivity index (χ0n) is 12.5. The number of thiocarbonyl (C=S) groups is 1. The summed E-state index contributed by atoms with van der Waals surface area (Å²) in [5.41, 5.74) is -0.414. The van der Waals surface area contributed by atoms with Gasteiger partial charge in [0, 0.05) is 7.05 Å². The molecule has 1 saturated carbocycles. The van der Waals surface area contributed by atoms with Gasteiger partial charge in [-0.25, -0.2) is 4.79 Å². The fourth-order valence-electron chi connectivity index (χ4n) is 1.60. The maximum Gasteiger partial charge on any atom is 0.410 e. The van der Waals surface area contributed by atoms with E-state index in [1.807, 2.05) is 0 Å². The number of amides is 1. The van der Waals surface area contributed by atoms with Crippen LogP contribution in [0.4, 0.5) is 4.79 Å². The van der Waals surface area contributed by atoms with Crippen molar-refractivity contribution in [2.45, 2.75) is 57.5 Å². The normalized spacial score (nSPS) is 17.8. The predicted octanol–water partition coefficient (Wildman–Crippen LogP) is 2.98. The Morgan fingerprint density at radius 2 is 1.89 bits per heavy atom. The zero-order valence-corrected chi connectivity index (χ0v) is 14.3. The molecule has 0 aliphatic heterocycles. The van der Waals surface area contributed by atoms with Crippen molar-refractivity contribution < 1.29 is 14.3 Å². The van der Waals surface area contributed by atoms with E-state index in [0.717, 1.165) is 12.8 Å². The van der Waals surface area contributed by atoms with Crippen LogP contribution < -0.4 is 5.32 Å². The molecule has 0 aromatic heterocycles. The second-order valence-corrected chi connectivity index (χ2v) is 11.7. The Bertz CT molecular complexity index is 389. The van der Waals surface area contributed by atoms with Gasteiger partial charge in [0.05, 0.1) is 0 Å². The van der Waals surface area contributed by atoms with E-state index in [2.05, 4.69) is 39.2 Å². The fraction of sp³-hybridized carbons (Fsp3) is 0.833. The van der Waals surface area contributed by atoms with Crippen molar-refractivity contribution in [1.82, 2.24) is 10.2 Å². The highest BCUT2D eigenvalue weighted by molar-refractivity contribution is 7.80. The van der Waals surface area contributed by atoms with Gasteiger partial charge in [-0.3, -0.25) is 5.32 Å². The lowest BCUT2D eigenvalue weighted by molar-refractivity contribution is 0.0533. The van der Waals surface area contributed by atoms with Crippen LogP contribution in [0.2, 0.25) is 18.1 Å². The van der Waals surface area contributed by atoms with Crippen molar-refractivity contribution in [2.75, 3.05) is 7.05 Å². The summed E-state index contributed by atoms with van der Waals surface area (Å²) < 4.78 is 6.41. The molecule has 1 fully saturated rings. The van der Waals surface area contributed by atoms with Gasteiger partial charge in [0.1, 0.15) is 5.72 Å². The number of nitrogens with zero attached hydrogens (tertiary/aromatic N) is 1. The standard InChI is InChI=1S/C12H24N2O3SSi/c1-11(2,3)19(5,6)17-12(7-8-12)14(4)9(18)13-10(15)16/h7-8H2,1-6H3,(H,13,18)(H,15,16). The molecule has 5 nitrogen and oxygen atoms in total. The van der Waals surface area contributed by atoms with E-state index in [0.29, 0.717) is 0 Å². The van der Waals surface area contributed by atoms with Crippen LogP contribution in [0.25, 0.3) is 0 Å². The first-order chi connectivity index (χ1) is 8.41. The minimum atomic E-state index is -1.90. The summed E-state index contributed by atoms with van der Waals surface area (Å²) in [6.45, 7) is 10.9. The highest BCUT2D eigenvalue weighted by atomic mass is 32.1. The molecule has 19 heavy (non-hydrogen) atoms. The summed E-state index contributed by atoms with van der Waals surface area (Å²) in [6.07, 6.45) is 0.634. The molecule has 0 bridgehead atoms. The quantitative estimate of drug-likeness (QED) is 0.477. The van der Waals surface area contributed by atoms with E-state index < -0.39 is 20.1 Å². The molecule has 110 valence electrons. The van der Waals surface area contributed by atoms with Crippen molar-refractivity contribution in [1.29, 1.82) is 0 Å². The summed E-state index contributed by atoms with van der Waals surface area (Å²) >= 11 is 5.09. The molecule has 0 spiro atoms. The van der Waals surface area contributed by atoms with Gasteiger partial charge in [0.2, 0.25) is 0 Å². The van der Waals surface area contributed by atoms with Gasteiger partial charge in [-0.2, -0.15) is 0 Å². The Kier molecular flexibility index (Phi) is 4.34. The van der Waals surface area contributed by atoms with E-state index in [9.17, 15) is 4.79 Å². The monoisotopic (exact) mass is 304 g/mol. The largest absolute Gasteiger partial charge is 0.465 e. The van der Waals surface area contributed by atoms with Crippen LogP contribution in [0.5, 0.6) is 0 Å². The maximum atomic E-state index is 10.6. The number of hydrogen-bond donors (Lipinski definition) is 2. The van der Waals surface area contributed by atoms with Gasteiger partial charge in [0.15, 0.2) is 13.4 Å². The SMILES string of the molecule is CN(C(=S)NC(=O)O)C1(O[Si](C)(C)C(C)(C)C)CC1. The van der Waals surface area contributed by atoms with Crippen LogP contribution in [0, 0.1) is 0 Å². The van der Waals surface area contributed by atoms with Gasteiger partial charge < -0.3 is 14.4 Å². The third-order valence-electron chi connectivity index (χ3n) is 4.06. The molecular weight excluding hydrogens is 280 g/mol. The summed E-state index contributed by atoms with van der Waals surface area (Å²) in [7, 11) is -0.113. The summed E-state index contributed by atoms with van der Waals surface area (Å²) in [5, 5.41) is 11.3. The van der Waals surface area contributed by atoms with Crippen LogP contribution >= 0.6 is 12.2 Å². The van der Waals surface area contributed by atoms with Crippen LogP contribution in [-0.2, 0) is 4.43 Å². The topological polar surface area (TPSA) is 61.8 Å². The molecule has 1 rings (SSSR count).